The Kier molecular flexibility index (Phi) is 6.93. The van der Waals surface area contributed by atoms with Crippen molar-refractivity contribution >= 4 is 11.8 Å². The molecule has 0 radical (unpaired) electrons. The summed E-state index contributed by atoms with van der Waals surface area (Å²) in [7, 11) is 0. The molecule has 0 amide bonds. The highest BCUT2D eigenvalue weighted by Gasteiger charge is 2.68. The molecule has 1 aliphatic heterocycles. The Bertz CT molecular complexity index is 1050. The van der Waals surface area contributed by atoms with Gasteiger partial charge in [-0.2, -0.15) is 5.10 Å². The highest BCUT2D eigenvalue weighted by atomic mass is 16.5. The summed E-state index contributed by atoms with van der Waals surface area (Å²) >= 11 is 0. The van der Waals surface area contributed by atoms with Crippen LogP contribution in [0.1, 0.15) is 84.3 Å². The second-order valence-electron chi connectivity index (χ2n) is 13.0. The average molecular weight is 512 g/mol. The molecule has 7 heteroatoms. The van der Waals surface area contributed by atoms with Gasteiger partial charge in [-0.05, 0) is 74.9 Å². The lowest BCUT2D eigenvalue weighted by atomic mass is 9.44. The first kappa shape index (κ1) is 26.6. The van der Waals surface area contributed by atoms with Gasteiger partial charge in [0.25, 0.3) is 0 Å². The quantitative estimate of drug-likeness (QED) is 0.453. The molecule has 7 nitrogen and oxygen atoms in total. The number of aliphatic hydroxyl groups excluding tert-OH is 1. The van der Waals surface area contributed by atoms with E-state index in [1.165, 1.54) is 0 Å². The van der Waals surface area contributed by atoms with Crippen LogP contribution in [0.2, 0.25) is 0 Å². The fourth-order valence-electron chi connectivity index (χ4n) is 8.76. The molecule has 3 aliphatic carbocycles. The van der Waals surface area contributed by atoms with Crippen LogP contribution in [0.5, 0.6) is 0 Å². The van der Waals surface area contributed by atoms with E-state index in [-0.39, 0.29) is 41.5 Å². The molecule has 2 unspecified atom stereocenters. The minimum Gasteiger partial charge on any atom is -0.460 e. The van der Waals surface area contributed by atoms with Crippen molar-refractivity contribution in [3.8, 4) is 0 Å². The van der Waals surface area contributed by atoms with Gasteiger partial charge >= 0.3 is 5.97 Å². The van der Waals surface area contributed by atoms with E-state index in [9.17, 15) is 14.7 Å². The molecule has 37 heavy (non-hydrogen) atoms. The van der Waals surface area contributed by atoms with Crippen molar-refractivity contribution in [1.29, 1.82) is 0 Å². The largest absolute Gasteiger partial charge is 0.460 e. The maximum Gasteiger partial charge on any atom is 0.328 e. The van der Waals surface area contributed by atoms with Gasteiger partial charge < -0.3 is 15.2 Å². The summed E-state index contributed by atoms with van der Waals surface area (Å²) in [5.41, 5.74) is -0.309. The lowest BCUT2D eigenvalue weighted by Crippen LogP contribution is -2.63. The summed E-state index contributed by atoms with van der Waals surface area (Å²) in [5.74, 6) is 0.302. The lowest BCUT2D eigenvalue weighted by Gasteiger charge is -2.61. The smallest absolute Gasteiger partial charge is 0.328 e. The number of piperidine rings is 1. The monoisotopic (exact) mass is 511 g/mol. The molecule has 1 saturated heterocycles. The first-order valence-corrected chi connectivity index (χ1v) is 14.3. The zero-order valence-corrected chi connectivity index (χ0v) is 23.0. The molecule has 4 fully saturated rings. The van der Waals surface area contributed by atoms with E-state index in [4.69, 9.17) is 4.74 Å². The van der Waals surface area contributed by atoms with Crippen LogP contribution < -0.4 is 5.32 Å². The first-order chi connectivity index (χ1) is 17.6. The number of nitrogens with zero attached hydrogens (tertiary/aromatic N) is 2. The SMILES string of the molecule is C=C[C@]1(C)C[C@@H](OC(=O)Cn2nccc2C2CCNCC2)[C@]2(C)C(C)CC[C@]3(CCC(=O)C32)[C@@H](C)[C@@H]1O. The Balaban J connectivity index is 1.48. The van der Waals surface area contributed by atoms with Crippen molar-refractivity contribution in [3.63, 3.8) is 0 Å². The molecule has 0 aromatic carbocycles. The van der Waals surface area contributed by atoms with E-state index >= 15 is 0 Å². The molecular weight excluding hydrogens is 466 g/mol. The molecule has 0 spiro atoms. The fraction of sp³-hybridized carbons (Fsp3) is 0.767. The number of hydrogen-bond donors (Lipinski definition) is 2. The van der Waals surface area contributed by atoms with Crippen LogP contribution in [0.4, 0.5) is 0 Å². The maximum absolute atomic E-state index is 13.6. The number of Topliss-reactive ketones (excluding diaryl/α,β-unsaturated/α-hetero) is 1. The number of ether oxygens (including phenoxy) is 1. The molecule has 1 aromatic rings. The summed E-state index contributed by atoms with van der Waals surface area (Å²) in [6.45, 7) is 14.6. The molecular formula is C30H45N3O4. The second kappa shape index (κ2) is 9.64. The van der Waals surface area contributed by atoms with Gasteiger partial charge in [0.15, 0.2) is 0 Å². The number of carbonyl (C=O) groups is 2. The molecule has 5 rings (SSSR count). The summed E-state index contributed by atoms with van der Waals surface area (Å²) < 4.78 is 8.21. The van der Waals surface area contributed by atoms with E-state index in [0.717, 1.165) is 50.9 Å². The van der Waals surface area contributed by atoms with Crippen LogP contribution in [0, 0.1) is 34.0 Å². The van der Waals surface area contributed by atoms with E-state index in [0.29, 0.717) is 18.8 Å². The van der Waals surface area contributed by atoms with Crippen molar-refractivity contribution in [2.45, 2.75) is 97.3 Å². The third kappa shape index (κ3) is 4.12. The molecule has 2 bridgehead atoms. The molecule has 3 saturated carbocycles. The van der Waals surface area contributed by atoms with Crippen molar-refractivity contribution < 1.29 is 19.4 Å². The van der Waals surface area contributed by atoms with Crippen LogP contribution in [0.25, 0.3) is 0 Å². The van der Waals surface area contributed by atoms with Gasteiger partial charge in [-0.25, -0.2) is 0 Å². The van der Waals surface area contributed by atoms with E-state index in [1.807, 2.05) is 19.1 Å². The van der Waals surface area contributed by atoms with Crippen molar-refractivity contribution in [2.75, 3.05) is 13.1 Å². The van der Waals surface area contributed by atoms with E-state index in [1.54, 1.807) is 10.9 Å². The van der Waals surface area contributed by atoms with E-state index < -0.39 is 23.0 Å². The molecule has 8 atom stereocenters. The summed E-state index contributed by atoms with van der Waals surface area (Å²) in [6.07, 6.45) is 8.21. The highest BCUT2D eigenvalue weighted by Crippen LogP contribution is 2.68. The lowest BCUT2D eigenvalue weighted by molar-refractivity contribution is -0.207. The molecule has 1 aromatic heterocycles. The Morgan fingerprint density at radius 2 is 2.00 bits per heavy atom. The Labute approximate surface area is 221 Å². The first-order valence-electron chi connectivity index (χ1n) is 14.3. The second-order valence-corrected chi connectivity index (χ2v) is 13.0. The standard InChI is InChI=1S/C30H45N3O4/c1-6-28(4)17-24(37-25(35)18-33-22(11-16-32-33)21-9-14-31-15-10-21)29(5)19(2)7-12-30(20(3)27(28)36)13-8-23(34)26(29)30/h6,11,16,19-21,24,26-27,31,36H,1,7-10,12-15,17-18H2,2-5H3/t19?,20-,24+,26?,27-,28+,29-,30-/m0/s1. The van der Waals surface area contributed by atoms with Crippen molar-refractivity contribution in [1.82, 2.24) is 15.1 Å². The molecule has 204 valence electrons. The summed E-state index contributed by atoms with van der Waals surface area (Å²) in [6, 6.07) is 2.02. The van der Waals surface area contributed by atoms with Gasteiger partial charge in [-0.1, -0.05) is 33.8 Å². The third-order valence-corrected chi connectivity index (χ3v) is 11.4. The van der Waals surface area contributed by atoms with Gasteiger partial charge in [0.05, 0.1) is 6.10 Å². The van der Waals surface area contributed by atoms with Crippen LogP contribution in [0.15, 0.2) is 24.9 Å². The third-order valence-electron chi connectivity index (χ3n) is 11.4. The number of aliphatic hydroxyl groups is 1. The number of carbonyl (C=O) groups excluding carboxylic acids is 2. The van der Waals surface area contributed by atoms with Gasteiger partial charge in [0.2, 0.25) is 0 Å². The minimum absolute atomic E-state index is 0.0351. The molecule has 2 heterocycles. The number of rotatable bonds is 5. The highest BCUT2D eigenvalue weighted by molar-refractivity contribution is 5.85. The normalized spacial score (nSPS) is 42.5. The van der Waals surface area contributed by atoms with Gasteiger partial charge in [-0.3, -0.25) is 14.3 Å². The predicted octanol–water partition coefficient (Wildman–Crippen LogP) is 4.26. The van der Waals surface area contributed by atoms with Crippen LogP contribution in [-0.4, -0.2) is 51.9 Å². The minimum atomic E-state index is -0.657. The van der Waals surface area contributed by atoms with E-state index in [2.05, 4.69) is 37.8 Å². The zero-order chi connectivity index (χ0) is 26.6. The fourth-order valence-corrected chi connectivity index (χ4v) is 8.76. The summed E-state index contributed by atoms with van der Waals surface area (Å²) in [4.78, 5) is 27.1. The van der Waals surface area contributed by atoms with Crippen LogP contribution in [-0.2, 0) is 20.9 Å². The average Bonchev–Trinajstić information content (AvgIpc) is 3.50. The Morgan fingerprint density at radius 1 is 1.27 bits per heavy atom. The Morgan fingerprint density at radius 3 is 2.70 bits per heavy atom. The molecule has 4 aliphatic rings. The Hall–Kier alpha value is -1.99. The van der Waals surface area contributed by atoms with Crippen molar-refractivity contribution in [2.24, 2.45) is 34.0 Å². The predicted molar refractivity (Wildman–Crippen MR) is 142 cm³/mol. The zero-order valence-electron chi connectivity index (χ0n) is 23.0. The molecule has 2 N–H and O–H groups in total. The number of ketones is 1. The van der Waals surface area contributed by atoms with Crippen LogP contribution >= 0.6 is 0 Å². The number of esters is 1. The maximum atomic E-state index is 13.6. The van der Waals surface area contributed by atoms with Gasteiger partial charge in [0.1, 0.15) is 18.4 Å². The summed E-state index contributed by atoms with van der Waals surface area (Å²) in [5, 5.41) is 19.6. The van der Waals surface area contributed by atoms with Crippen LogP contribution in [0.3, 0.4) is 0 Å². The van der Waals surface area contributed by atoms with Gasteiger partial charge in [0, 0.05) is 41.0 Å². The number of nitrogens with one attached hydrogen (secondary N) is 1. The topological polar surface area (TPSA) is 93.5 Å². The number of aromatic nitrogens is 2. The number of hydrogen-bond acceptors (Lipinski definition) is 6. The van der Waals surface area contributed by atoms with Gasteiger partial charge in [-0.15, -0.1) is 6.58 Å². The van der Waals surface area contributed by atoms with Crippen molar-refractivity contribution in [3.05, 3.63) is 30.6 Å².